The van der Waals surface area contributed by atoms with Crippen LogP contribution in [0.2, 0.25) is 0 Å². The van der Waals surface area contributed by atoms with Crippen molar-refractivity contribution in [3.8, 4) is 0 Å². The van der Waals surface area contributed by atoms with Crippen LogP contribution in [0.5, 0.6) is 0 Å². The number of carbonyl (C=O) groups is 1. The van der Waals surface area contributed by atoms with Gasteiger partial charge in [0.05, 0.1) is 10.6 Å². The summed E-state index contributed by atoms with van der Waals surface area (Å²) in [6.07, 6.45) is 2.92. The first-order valence-corrected chi connectivity index (χ1v) is 9.98. The van der Waals surface area contributed by atoms with E-state index in [1.165, 1.54) is 6.92 Å². The first-order valence-electron chi connectivity index (χ1n) is 7.55. The number of anilines is 1. The highest BCUT2D eigenvalue weighted by Gasteiger charge is 2.28. The minimum Gasteiger partial charge on any atom is -0.311 e. The maximum atomic E-state index is 12.8. The van der Waals surface area contributed by atoms with E-state index in [-0.39, 0.29) is 5.91 Å². The lowest BCUT2D eigenvalue weighted by Crippen LogP contribution is -2.36. The highest BCUT2D eigenvalue weighted by molar-refractivity contribution is 7.99. The molecule has 0 unspecified atom stereocenters. The lowest BCUT2D eigenvalue weighted by Gasteiger charge is -2.30. The molecule has 1 fully saturated rings. The van der Waals surface area contributed by atoms with E-state index in [1.54, 1.807) is 33.1 Å². The summed E-state index contributed by atoms with van der Waals surface area (Å²) >= 11 is 1.66. The van der Waals surface area contributed by atoms with Crippen molar-refractivity contribution < 1.29 is 13.2 Å². The van der Waals surface area contributed by atoms with Crippen molar-refractivity contribution in [1.29, 1.82) is 0 Å². The number of piperidine rings is 1. The van der Waals surface area contributed by atoms with E-state index in [0.29, 0.717) is 24.5 Å². The van der Waals surface area contributed by atoms with Crippen LogP contribution in [0.3, 0.4) is 0 Å². The van der Waals surface area contributed by atoms with Gasteiger partial charge in [-0.2, -0.15) is 4.31 Å². The van der Waals surface area contributed by atoms with Gasteiger partial charge in [0, 0.05) is 37.2 Å². The molecule has 1 saturated heterocycles. The number of fused-ring (bicyclic) bond motifs is 1. The van der Waals surface area contributed by atoms with Crippen molar-refractivity contribution in [2.24, 2.45) is 0 Å². The molecule has 0 atom stereocenters. The Kier molecular flexibility index (Phi) is 4.47. The summed E-state index contributed by atoms with van der Waals surface area (Å²) in [7, 11) is -3.46. The molecule has 5 nitrogen and oxygen atoms in total. The summed E-state index contributed by atoms with van der Waals surface area (Å²) in [5.74, 6) is 0.791. The zero-order chi connectivity index (χ0) is 15.7. The fraction of sp³-hybridized carbons (Fsp3) is 0.533. The van der Waals surface area contributed by atoms with Crippen molar-refractivity contribution in [1.82, 2.24) is 4.31 Å². The Balaban J connectivity index is 1.98. The van der Waals surface area contributed by atoms with Crippen LogP contribution in [-0.4, -0.2) is 44.0 Å². The summed E-state index contributed by atoms with van der Waals surface area (Å²) in [5.41, 5.74) is 0.724. The van der Waals surface area contributed by atoms with E-state index >= 15 is 0 Å². The molecular formula is C15H20N2O3S2. The number of hydrogen-bond donors (Lipinski definition) is 0. The SMILES string of the molecule is CC(=O)N1CCSc2ccc(S(=O)(=O)N3CCCCC3)cc21. The van der Waals surface area contributed by atoms with Gasteiger partial charge < -0.3 is 4.90 Å². The zero-order valence-corrected chi connectivity index (χ0v) is 14.3. The first kappa shape index (κ1) is 15.8. The molecule has 0 aromatic heterocycles. The molecule has 0 radical (unpaired) electrons. The van der Waals surface area contributed by atoms with Crippen LogP contribution in [0.4, 0.5) is 5.69 Å². The Bertz CT molecular complexity index is 682. The molecule has 0 N–H and O–H groups in total. The lowest BCUT2D eigenvalue weighted by atomic mass is 10.2. The largest absolute Gasteiger partial charge is 0.311 e. The average Bonchev–Trinajstić information content (AvgIpc) is 2.54. The molecule has 2 aliphatic rings. The molecule has 1 amide bonds. The van der Waals surface area contributed by atoms with Crippen LogP contribution < -0.4 is 4.90 Å². The minimum atomic E-state index is -3.46. The molecule has 7 heteroatoms. The molecular weight excluding hydrogens is 320 g/mol. The Morgan fingerprint density at radius 3 is 2.55 bits per heavy atom. The second-order valence-corrected chi connectivity index (χ2v) is 8.69. The van der Waals surface area contributed by atoms with Gasteiger partial charge in [-0.05, 0) is 31.0 Å². The fourth-order valence-electron chi connectivity index (χ4n) is 2.94. The van der Waals surface area contributed by atoms with Gasteiger partial charge in [0.1, 0.15) is 0 Å². The van der Waals surface area contributed by atoms with Crippen LogP contribution in [0.15, 0.2) is 28.0 Å². The number of sulfonamides is 1. The van der Waals surface area contributed by atoms with Gasteiger partial charge in [-0.1, -0.05) is 6.42 Å². The highest BCUT2D eigenvalue weighted by Crippen LogP contribution is 2.37. The molecule has 1 aromatic carbocycles. The quantitative estimate of drug-likeness (QED) is 0.829. The third kappa shape index (κ3) is 2.89. The molecule has 22 heavy (non-hydrogen) atoms. The number of hydrogen-bond acceptors (Lipinski definition) is 4. The molecule has 1 aromatic rings. The summed E-state index contributed by atoms with van der Waals surface area (Å²) in [4.78, 5) is 14.7. The predicted molar refractivity (Wildman–Crippen MR) is 87.8 cm³/mol. The summed E-state index contributed by atoms with van der Waals surface area (Å²) in [6.45, 7) is 3.32. The van der Waals surface area contributed by atoms with Crippen LogP contribution in [0.25, 0.3) is 0 Å². The maximum absolute atomic E-state index is 12.8. The third-order valence-electron chi connectivity index (χ3n) is 4.13. The average molecular weight is 340 g/mol. The van der Waals surface area contributed by atoms with E-state index in [2.05, 4.69) is 0 Å². The first-order chi connectivity index (χ1) is 10.5. The third-order valence-corrected chi connectivity index (χ3v) is 7.06. The van der Waals surface area contributed by atoms with E-state index in [9.17, 15) is 13.2 Å². The summed E-state index contributed by atoms with van der Waals surface area (Å²) in [6, 6.07) is 5.15. The number of rotatable bonds is 2. The molecule has 120 valence electrons. The van der Waals surface area contributed by atoms with Crippen molar-refractivity contribution in [3.05, 3.63) is 18.2 Å². The second-order valence-electron chi connectivity index (χ2n) is 5.61. The standard InChI is InChI=1S/C15H20N2O3S2/c1-12(18)17-9-10-21-15-6-5-13(11-14(15)17)22(19,20)16-7-3-2-4-8-16/h5-6,11H,2-4,7-10H2,1H3. The summed E-state index contributed by atoms with van der Waals surface area (Å²) < 4.78 is 27.1. The van der Waals surface area contributed by atoms with E-state index in [0.717, 1.165) is 35.6 Å². The fourth-order valence-corrected chi connectivity index (χ4v) is 5.45. The molecule has 0 spiro atoms. The minimum absolute atomic E-state index is 0.0472. The number of carbonyl (C=O) groups excluding carboxylic acids is 1. The van der Waals surface area contributed by atoms with E-state index in [1.807, 2.05) is 6.07 Å². The monoisotopic (exact) mass is 340 g/mol. The van der Waals surface area contributed by atoms with Gasteiger partial charge >= 0.3 is 0 Å². The second kappa shape index (κ2) is 6.22. The normalized spacial score (nSPS) is 19.8. The van der Waals surface area contributed by atoms with Gasteiger partial charge in [0.15, 0.2) is 0 Å². The summed E-state index contributed by atoms with van der Waals surface area (Å²) in [5, 5.41) is 0. The van der Waals surface area contributed by atoms with Crippen LogP contribution >= 0.6 is 11.8 Å². The number of nitrogens with zero attached hydrogens (tertiary/aromatic N) is 2. The molecule has 2 heterocycles. The van der Waals surface area contributed by atoms with E-state index < -0.39 is 10.0 Å². The Morgan fingerprint density at radius 1 is 1.14 bits per heavy atom. The van der Waals surface area contributed by atoms with Gasteiger partial charge in [-0.25, -0.2) is 8.42 Å². The molecule has 3 rings (SSSR count). The lowest BCUT2D eigenvalue weighted by molar-refractivity contribution is -0.116. The Morgan fingerprint density at radius 2 is 1.86 bits per heavy atom. The van der Waals surface area contributed by atoms with Gasteiger partial charge in [0.25, 0.3) is 0 Å². The maximum Gasteiger partial charge on any atom is 0.243 e. The predicted octanol–water partition coefficient (Wildman–Crippen LogP) is 2.32. The van der Waals surface area contributed by atoms with Gasteiger partial charge in [0.2, 0.25) is 15.9 Å². The van der Waals surface area contributed by atoms with Crippen LogP contribution in [0, 0.1) is 0 Å². The van der Waals surface area contributed by atoms with Crippen molar-refractivity contribution in [2.75, 3.05) is 30.3 Å². The molecule has 0 bridgehead atoms. The smallest absolute Gasteiger partial charge is 0.243 e. The number of thioether (sulfide) groups is 1. The molecule has 0 saturated carbocycles. The Hall–Kier alpha value is -1.05. The zero-order valence-electron chi connectivity index (χ0n) is 12.6. The van der Waals surface area contributed by atoms with Crippen molar-refractivity contribution in [2.45, 2.75) is 36.0 Å². The topological polar surface area (TPSA) is 57.7 Å². The molecule has 2 aliphatic heterocycles. The number of amides is 1. The van der Waals surface area contributed by atoms with Crippen molar-refractivity contribution >= 4 is 33.4 Å². The van der Waals surface area contributed by atoms with E-state index in [4.69, 9.17) is 0 Å². The van der Waals surface area contributed by atoms with Gasteiger partial charge in [-0.3, -0.25) is 4.79 Å². The Labute approximate surface area is 135 Å². The van der Waals surface area contributed by atoms with Crippen LogP contribution in [0.1, 0.15) is 26.2 Å². The highest BCUT2D eigenvalue weighted by atomic mass is 32.2. The van der Waals surface area contributed by atoms with Crippen LogP contribution in [-0.2, 0) is 14.8 Å². The van der Waals surface area contributed by atoms with Gasteiger partial charge in [-0.15, -0.1) is 11.8 Å². The van der Waals surface area contributed by atoms with Crippen molar-refractivity contribution in [3.63, 3.8) is 0 Å². The molecule has 0 aliphatic carbocycles. The number of benzene rings is 1.